The lowest BCUT2D eigenvalue weighted by atomic mass is 10.4. The maximum Gasteiger partial charge on any atom is 0.321 e. The summed E-state index contributed by atoms with van der Waals surface area (Å²) in [5.74, 6) is -0.259. The van der Waals surface area contributed by atoms with Crippen molar-refractivity contribution in [1.29, 1.82) is 0 Å². The molecule has 1 aromatic rings. The van der Waals surface area contributed by atoms with Gasteiger partial charge >= 0.3 is 6.03 Å². The van der Waals surface area contributed by atoms with Gasteiger partial charge in [-0.25, -0.2) is 4.79 Å². The summed E-state index contributed by atoms with van der Waals surface area (Å²) in [6.45, 7) is 7.83. The molecule has 1 rings (SSSR count). The number of rotatable bonds is 7. The highest BCUT2D eigenvalue weighted by Gasteiger charge is 2.11. The second-order valence-electron chi connectivity index (χ2n) is 4.01. The highest BCUT2D eigenvalue weighted by atomic mass is 32.2. The molecule has 0 aromatic carbocycles. The van der Waals surface area contributed by atoms with Crippen LogP contribution in [0.2, 0.25) is 0 Å². The summed E-state index contributed by atoms with van der Waals surface area (Å²) in [7, 11) is 0. The Bertz CT molecular complexity index is 475. The van der Waals surface area contributed by atoms with Gasteiger partial charge in [0.05, 0.1) is 5.75 Å². The Labute approximate surface area is 125 Å². The van der Waals surface area contributed by atoms with Crippen LogP contribution in [0, 0.1) is 0 Å². The minimum Gasteiger partial charge on any atom is -0.357 e. The minimum atomic E-state index is -0.490. The number of amides is 3. The molecule has 0 fully saturated rings. The van der Waals surface area contributed by atoms with Crippen molar-refractivity contribution >= 4 is 40.2 Å². The lowest BCUT2D eigenvalue weighted by Gasteiger charge is -2.08. The van der Waals surface area contributed by atoms with Crippen molar-refractivity contribution in [3.63, 3.8) is 0 Å². The van der Waals surface area contributed by atoms with E-state index in [0.717, 1.165) is 0 Å². The molecule has 1 heterocycles. The highest BCUT2D eigenvalue weighted by molar-refractivity contribution is 8.01. The highest BCUT2D eigenvalue weighted by Crippen LogP contribution is 2.24. The van der Waals surface area contributed by atoms with Gasteiger partial charge in [0.1, 0.15) is 0 Å². The summed E-state index contributed by atoms with van der Waals surface area (Å²) >= 11 is 2.58. The van der Waals surface area contributed by atoms with E-state index in [1.807, 2.05) is 13.8 Å². The molecule has 3 amide bonds. The number of hydrogen-bond acceptors (Lipinski definition) is 7. The molecule has 9 heteroatoms. The Morgan fingerprint density at radius 2 is 2.20 bits per heavy atom. The van der Waals surface area contributed by atoms with Gasteiger partial charge in [0.15, 0.2) is 4.34 Å². The first-order valence-electron chi connectivity index (χ1n) is 5.92. The van der Waals surface area contributed by atoms with E-state index < -0.39 is 6.03 Å². The summed E-state index contributed by atoms with van der Waals surface area (Å²) in [6, 6.07) is -0.506. The smallest absolute Gasteiger partial charge is 0.321 e. The number of imide groups is 1. The van der Waals surface area contributed by atoms with Crippen LogP contribution in [0.1, 0.15) is 13.8 Å². The van der Waals surface area contributed by atoms with Gasteiger partial charge in [0.25, 0.3) is 0 Å². The van der Waals surface area contributed by atoms with Crippen molar-refractivity contribution in [2.45, 2.75) is 24.2 Å². The summed E-state index contributed by atoms with van der Waals surface area (Å²) in [6.07, 6.45) is 1.72. The number of carbonyl (C=O) groups is 2. The third kappa shape index (κ3) is 6.53. The summed E-state index contributed by atoms with van der Waals surface area (Å²) in [5.41, 5.74) is 0. The summed E-state index contributed by atoms with van der Waals surface area (Å²) in [4.78, 5) is 22.8. The second-order valence-corrected chi connectivity index (χ2v) is 6.21. The molecule has 0 aliphatic rings. The molecule has 1 aromatic heterocycles. The quantitative estimate of drug-likeness (QED) is 0.521. The average Bonchev–Trinajstić information content (AvgIpc) is 2.80. The summed E-state index contributed by atoms with van der Waals surface area (Å²) in [5, 5.41) is 16.3. The minimum absolute atomic E-state index is 0.0166. The van der Waals surface area contributed by atoms with E-state index >= 15 is 0 Å². The fourth-order valence-corrected chi connectivity index (χ4v) is 2.65. The third-order valence-electron chi connectivity index (χ3n) is 1.80. The molecule has 0 unspecified atom stereocenters. The zero-order valence-electron chi connectivity index (χ0n) is 11.3. The van der Waals surface area contributed by atoms with Crippen LogP contribution in [0.4, 0.5) is 9.93 Å². The van der Waals surface area contributed by atoms with Crippen LogP contribution < -0.4 is 16.0 Å². The lowest BCUT2D eigenvalue weighted by molar-refractivity contribution is -0.117. The molecule has 0 bridgehead atoms. The van der Waals surface area contributed by atoms with Gasteiger partial charge in [-0.2, -0.15) is 0 Å². The van der Waals surface area contributed by atoms with E-state index in [-0.39, 0.29) is 17.7 Å². The fraction of sp³-hybridized carbons (Fsp3) is 0.455. The molecule has 0 atom stereocenters. The van der Waals surface area contributed by atoms with Gasteiger partial charge in [0, 0.05) is 12.6 Å². The first-order chi connectivity index (χ1) is 9.51. The Kier molecular flexibility index (Phi) is 7.02. The molecule has 0 radical (unpaired) electrons. The molecule has 110 valence electrons. The SMILES string of the molecule is C=CCNc1nnc(SCC(=O)NC(=O)NC(C)C)s1. The van der Waals surface area contributed by atoms with Gasteiger partial charge < -0.3 is 10.6 Å². The number of nitrogens with zero attached hydrogens (tertiary/aromatic N) is 2. The number of aromatic nitrogens is 2. The number of nitrogens with one attached hydrogen (secondary N) is 3. The zero-order valence-corrected chi connectivity index (χ0v) is 12.9. The average molecular weight is 315 g/mol. The fourth-order valence-electron chi connectivity index (χ4n) is 1.09. The molecule has 0 spiro atoms. The van der Waals surface area contributed by atoms with Crippen LogP contribution >= 0.6 is 23.1 Å². The van der Waals surface area contributed by atoms with Crippen LogP contribution in [-0.2, 0) is 4.79 Å². The molecule has 7 nitrogen and oxygen atoms in total. The van der Waals surface area contributed by atoms with E-state index in [0.29, 0.717) is 16.0 Å². The predicted octanol–water partition coefficient (Wildman–Crippen LogP) is 1.46. The number of carbonyl (C=O) groups excluding carboxylic acids is 2. The van der Waals surface area contributed by atoms with E-state index in [2.05, 4.69) is 32.7 Å². The molecular weight excluding hydrogens is 298 g/mol. The first kappa shape index (κ1) is 16.4. The van der Waals surface area contributed by atoms with Crippen molar-refractivity contribution in [3.05, 3.63) is 12.7 Å². The van der Waals surface area contributed by atoms with E-state index in [1.165, 1.54) is 23.1 Å². The van der Waals surface area contributed by atoms with Crippen LogP contribution in [0.25, 0.3) is 0 Å². The first-order valence-corrected chi connectivity index (χ1v) is 7.73. The van der Waals surface area contributed by atoms with Crippen LogP contribution in [0.5, 0.6) is 0 Å². The molecule has 0 saturated heterocycles. The van der Waals surface area contributed by atoms with Gasteiger partial charge in [-0.15, -0.1) is 16.8 Å². The normalized spacial score (nSPS) is 10.2. The van der Waals surface area contributed by atoms with Crippen molar-refractivity contribution in [3.8, 4) is 0 Å². The Morgan fingerprint density at radius 1 is 1.45 bits per heavy atom. The largest absolute Gasteiger partial charge is 0.357 e. The Morgan fingerprint density at radius 3 is 2.85 bits per heavy atom. The topological polar surface area (TPSA) is 96.0 Å². The molecule has 0 saturated carbocycles. The number of thioether (sulfide) groups is 1. The second kappa shape index (κ2) is 8.54. The third-order valence-corrected chi connectivity index (χ3v) is 3.82. The molecule has 3 N–H and O–H groups in total. The van der Waals surface area contributed by atoms with E-state index in [1.54, 1.807) is 6.08 Å². The van der Waals surface area contributed by atoms with Crippen molar-refractivity contribution in [2.75, 3.05) is 17.6 Å². The van der Waals surface area contributed by atoms with Gasteiger partial charge in [-0.05, 0) is 13.8 Å². The van der Waals surface area contributed by atoms with Gasteiger partial charge in [0.2, 0.25) is 11.0 Å². The maximum atomic E-state index is 11.5. The van der Waals surface area contributed by atoms with Crippen molar-refractivity contribution in [1.82, 2.24) is 20.8 Å². The molecular formula is C11H17N5O2S2. The molecule has 20 heavy (non-hydrogen) atoms. The number of anilines is 1. The predicted molar refractivity (Wildman–Crippen MR) is 81.1 cm³/mol. The maximum absolute atomic E-state index is 11.5. The molecule has 0 aliphatic carbocycles. The zero-order chi connectivity index (χ0) is 15.0. The molecule has 0 aliphatic heterocycles. The van der Waals surface area contributed by atoms with Crippen LogP contribution in [0.3, 0.4) is 0 Å². The van der Waals surface area contributed by atoms with Gasteiger partial charge in [-0.1, -0.05) is 29.2 Å². The van der Waals surface area contributed by atoms with E-state index in [9.17, 15) is 9.59 Å². The van der Waals surface area contributed by atoms with E-state index in [4.69, 9.17) is 0 Å². The Balaban J connectivity index is 2.31. The lowest BCUT2D eigenvalue weighted by Crippen LogP contribution is -2.43. The Hall–Kier alpha value is -1.61. The standard InChI is InChI=1S/C11H17N5O2S2/c1-4-5-12-10-15-16-11(20-10)19-6-8(17)14-9(18)13-7(2)3/h4,7H,1,5-6H2,2-3H3,(H,12,15)(H2,13,14,17,18). The van der Waals surface area contributed by atoms with Gasteiger partial charge in [-0.3, -0.25) is 10.1 Å². The van der Waals surface area contributed by atoms with Crippen LogP contribution in [0.15, 0.2) is 17.0 Å². The van der Waals surface area contributed by atoms with Crippen LogP contribution in [-0.4, -0.2) is 40.5 Å². The number of hydrogen-bond donors (Lipinski definition) is 3. The van der Waals surface area contributed by atoms with Crippen molar-refractivity contribution < 1.29 is 9.59 Å². The summed E-state index contributed by atoms with van der Waals surface area (Å²) < 4.78 is 0.663. The number of urea groups is 1. The van der Waals surface area contributed by atoms with Crippen molar-refractivity contribution in [2.24, 2.45) is 0 Å². The monoisotopic (exact) mass is 315 g/mol.